The molecule has 0 amide bonds. The van der Waals surface area contributed by atoms with Gasteiger partial charge in [0.05, 0.1) is 11.9 Å². The van der Waals surface area contributed by atoms with E-state index >= 15 is 0 Å². The van der Waals surface area contributed by atoms with E-state index in [9.17, 15) is 0 Å². The molecule has 0 bridgehead atoms. The highest BCUT2D eigenvalue weighted by molar-refractivity contribution is 5.42. The van der Waals surface area contributed by atoms with Gasteiger partial charge >= 0.3 is 0 Å². The molecule has 82 valence electrons. The standard InChI is InChI=1S/C14H16N2/c1-11-6-2-4-8-13(11)16-14-9-5-3-7-12(14)10-15-16/h2,4,6,8,10H,3,5,7,9H2,1H3. The summed E-state index contributed by atoms with van der Waals surface area (Å²) in [5.74, 6) is 0. The van der Waals surface area contributed by atoms with Crippen molar-refractivity contribution in [3.8, 4) is 5.69 Å². The summed E-state index contributed by atoms with van der Waals surface area (Å²) in [6, 6.07) is 8.46. The Balaban J connectivity index is 2.13. The Kier molecular flexibility index (Phi) is 2.28. The van der Waals surface area contributed by atoms with Crippen LogP contribution in [0.2, 0.25) is 0 Å². The lowest BCUT2D eigenvalue weighted by Crippen LogP contribution is -2.08. The summed E-state index contributed by atoms with van der Waals surface area (Å²) >= 11 is 0. The van der Waals surface area contributed by atoms with E-state index in [1.807, 2.05) is 6.20 Å². The molecule has 0 spiro atoms. The molecule has 0 aliphatic heterocycles. The summed E-state index contributed by atoms with van der Waals surface area (Å²) < 4.78 is 2.13. The van der Waals surface area contributed by atoms with Crippen molar-refractivity contribution in [2.45, 2.75) is 32.6 Å². The van der Waals surface area contributed by atoms with Crippen LogP contribution < -0.4 is 0 Å². The zero-order valence-electron chi connectivity index (χ0n) is 9.61. The molecule has 0 atom stereocenters. The van der Waals surface area contributed by atoms with Crippen LogP contribution in [0.1, 0.15) is 29.7 Å². The minimum Gasteiger partial charge on any atom is -0.237 e. The molecule has 3 rings (SSSR count). The highest BCUT2D eigenvalue weighted by atomic mass is 15.3. The normalized spacial score (nSPS) is 14.8. The van der Waals surface area contributed by atoms with Crippen LogP contribution in [0.25, 0.3) is 5.69 Å². The molecule has 0 saturated heterocycles. The van der Waals surface area contributed by atoms with Gasteiger partial charge < -0.3 is 0 Å². The molecular weight excluding hydrogens is 196 g/mol. The third-order valence-electron chi connectivity index (χ3n) is 3.41. The number of fused-ring (bicyclic) bond motifs is 1. The molecular formula is C14H16N2. The van der Waals surface area contributed by atoms with Gasteiger partial charge in [0.1, 0.15) is 0 Å². The largest absolute Gasteiger partial charge is 0.237 e. The van der Waals surface area contributed by atoms with Gasteiger partial charge in [-0.15, -0.1) is 0 Å². The summed E-state index contributed by atoms with van der Waals surface area (Å²) in [7, 11) is 0. The van der Waals surface area contributed by atoms with E-state index in [4.69, 9.17) is 0 Å². The second kappa shape index (κ2) is 3.78. The van der Waals surface area contributed by atoms with Crippen molar-refractivity contribution in [3.63, 3.8) is 0 Å². The van der Waals surface area contributed by atoms with Crippen LogP contribution >= 0.6 is 0 Å². The first kappa shape index (κ1) is 9.64. The fourth-order valence-electron chi connectivity index (χ4n) is 2.50. The molecule has 2 heteroatoms. The predicted molar refractivity (Wildman–Crippen MR) is 64.9 cm³/mol. The molecule has 2 nitrogen and oxygen atoms in total. The molecule has 2 aromatic rings. The molecule has 1 aliphatic rings. The number of para-hydroxylation sites is 1. The second-order valence-electron chi connectivity index (χ2n) is 4.52. The molecule has 1 aromatic carbocycles. The SMILES string of the molecule is Cc1ccccc1-n1ncc2c1CCCC2. The maximum absolute atomic E-state index is 4.55. The number of hydrogen-bond acceptors (Lipinski definition) is 1. The maximum Gasteiger partial charge on any atom is 0.0678 e. The van der Waals surface area contributed by atoms with Crippen LogP contribution in [-0.4, -0.2) is 9.78 Å². The van der Waals surface area contributed by atoms with Crippen molar-refractivity contribution >= 4 is 0 Å². The van der Waals surface area contributed by atoms with Crippen LogP contribution in [0.5, 0.6) is 0 Å². The van der Waals surface area contributed by atoms with Crippen molar-refractivity contribution in [1.82, 2.24) is 9.78 Å². The van der Waals surface area contributed by atoms with Crippen LogP contribution in [0.3, 0.4) is 0 Å². The fraction of sp³-hybridized carbons (Fsp3) is 0.357. The molecule has 0 unspecified atom stereocenters. The number of benzene rings is 1. The third-order valence-corrected chi connectivity index (χ3v) is 3.41. The highest BCUT2D eigenvalue weighted by Gasteiger charge is 2.16. The van der Waals surface area contributed by atoms with E-state index in [0.717, 1.165) is 0 Å². The summed E-state index contributed by atoms with van der Waals surface area (Å²) in [6.45, 7) is 2.15. The van der Waals surface area contributed by atoms with Crippen molar-refractivity contribution < 1.29 is 0 Å². The first-order valence-corrected chi connectivity index (χ1v) is 5.98. The summed E-state index contributed by atoms with van der Waals surface area (Å²) in [6.07, 6.45) is 7.02. The van der Waals surface area contributed by atoms with E-state index in [1.165, 1.54) is 48.2 Å². The quantitative estimate of drug-likeness (QED) is 0.710. The van der Waals surface area contributed by atoms with Crippen LogP contribution in [0, 0.1) is 6.92 Å². The summed E-state index contributed by atoms with van der Waals surface area (Å²) in [5.41, 5.74) is 5.37. The van der Waals surface area contributed by atoms with Gasteiger partial charge in [0, 0.05) is 5.69 Å². The summed E-state index contributed by atoms with van der Waals surface area (Å²) in [4.78, 5) is 0. The van der Waals surface area contributed by atoms with Crippen molar-refractivity contribution in [2.24, 2.45) is 0 Å². The fourth-order valence-corrected chi connectivity index (χ4v) is 2.50. The van der Waals surface area contributed by atoms with Gasteiger partial charge in [-0.3, -0.25) is 0 Å². The van der Waals surface area contributed by atoms with Gasteiger partial charge in [0.2, 0.25) is 0 Å². The molecule has 1 heterocycles. The molecule has 0 saturated carbocycles. The highest BCUT2D eigenvalue weighted by Crippen LogP contribution is 2.24. The van der Waals surface area contributed by atoms with E-state index in [0.29, 0.717) is 0 Å². The van der Waals surface area contributed by atoms with Gasteiger partial charge in [-0.1, -0.05) is 18.2 Å². The van der Waals surface area contributed by atoms with Gasteiger partial charge in [-0.2, -0.15) is 5.10 Å². The van der Waals surface area contributed by atoms with Crippen molar-refractivity contribution in [1.29, 1.82) is 0 Å². The predicted octanol–water partition coefficient (Wildman–Crippen LogP) is 3.06. The molecule has 1 aromatic heterocycles. The molecule has 16 heavy (non-hydrogen) atoms. The van der Waals surface area contributed by atoms with E-state index in [2.05, 4.69) is 41.0 Å². The van der Waals surface area contributed by atoms with E-state index in [1.54, 1.807) is 0 Å². The Hall–Kier alpha value is -1.57. The van der Waals surface area contributed by atoms with Crippen LogP contribution in [0.15, 0.2) is 30.5 Å². The van der Waals surface area contributed by atoms with Gasteiger partial charge in [0.15, 0.2) is 0 Å². The van der Waals surface area contributed by atoms with Crippen LogP contribution in [0.4, 0.5) is 0 Å². The van der Waals surface area contributed by atoms with Crippen molar-refractivity contribution in [2.75, 3.05) is 0 Å². The Morgan fingerprint density at radius 3 is 2.81 bits per heavy atom. The zero-order chi connectivity index (χ0) is 11.0. The number of aromatic nitrogens is 2. The molecule has 1 aliphatic carbocycles. The smallest absolute Gasteiger partial charge is 0.0678 e. The monoisotopic (exact) mass is 212 g/mol. The number of hydrogen-bond donors (Lipinski definition) is 0. The first-order valence-electron chi connectivity index (χ1n) is 5.98. The maximum atomic E-state index is 4.55. The summed E-state index contributed by atoms with van der Waals surface area (Å²) in [5, 5.41) is 4.55. The first-order chi connectivity index (χ1) is 7.86. The molecule has 0 fully saturated rings. The van der Waals surface area contributed by atoms with Gasteiger partial charge in [-0.05, 0) is 49.8 Å². The zero-order valence-corrected chi connectivity index (χ0v) is 9.61. The van der Waals surface area contributed by atoms with Crippen LogP contribution in [-0.2, 0) is 12.8 Å². The Morgan fingerprint density at radius 2 is 1.94 bits per heavy atom. The average Bonchev–Trinajstić information content (AvgIpc) is 2.74. The van der Waals surface area contributed by atoms with E-state index < -0.39 is 0 Å². The topological polar surface area (TPSA) is 17.8 Å². The lowest BCUT2D eigenvalue weighted by atomic mass is 9.98. The Bertz CT molecular complexity index is 511. The number of aryl methyl sites for hydroxylation is 2. The average molecular weight is 212 g/mol. The second-order valence-corrected chi connectivity index (χ2v) is 4.52. The number of rotatable bonds is 1. The lowest BCUT2D eigenvalue weighted by molar-refractivity contribution is 0.652. The third kappa shape index (κ3) is 1.45. The minimum absolute atomic E-state index is 1.17. The van der Waals surface area contributed by atoms with E-state index in [-0.39, 0.29) is 0 Å². The Morgan fingerprint density at radius 1 is 1.12 bits per heavy atom. The number of nitrogens with zero attached hydrogens (tertiary/aromatic N) is 2. The molecule has 0 radical (unpaired) electrons. The van der Waals surface area contributed by atoms with Gasteiger partial charge in [0.25, 0.3) is 0 Å². The Labute approximate surface area is 95.9 Å². The lowest BCUT2D eigenvalue weighted by Gasteiger charge is -2.15. The van der Waals surface area contributed by atoms with Gasteiger partial charge in [-0.25, -0.2) is 4.68 Å². The molecule has 0 N–H and O–H groups in total. The van der Waals surface area contributed by atoms with Crippen molar-refractivity contribution in [3.05, 3.63) is 47.3 Å². The minimum atomic E-state index is 1.17.